The maximum absolute atomic E-state index is 5.77. The Hall–Kier alpha value is -0.940. The zero-order valence-corrected chi connectivity index (χ0v) is 13.3. The fourth-order valence-corrected chi connectivity index (χ4v) is 2.09. The number of ether oxygens (including phenoxy) is 1. The maximum atomic E-state index is 5.77. The predicted molar refractivity (Wildman–Crippen MR) is 81.5 cm³/mol. The average molecular weight is 282 g/mol. The Bertz CT molecular complexity index is 340. The van der Waals surface area contributed by atoms with Crippen LogP contribution in [0.4, 0.5) is 0 Å². The molecule has 1 unspecified atom stereocenters. The van der Waals surface area contributed by atoms with Crippen LogP contribution in [0.2, 0.25) is 0 Å². The van der Waals surface area contributed by atoms with E-state index < -0.39 is 0 Å². The summed E-state index contributed by atoms with van der Waals surface area (Å²) in [6, 6.07) is 0. The Morgan fingerprint density at radius 3 is 2.90 bits per heavy atom. The lowest BCUT2D eigenvalue weighted by molar-refractivity contribution is 0.0859. The summed E-state index contributed by atoms with van der Waals surface area (Å²) in [6.45, 7) is 10.7. The summed E-state index contributed by atoms with van der Waals surface area (Å²) in [5, 5.41) is 11.5. The molecule has 20 heavy (non-hydrogen) atoms. The van der Waals surface area contributed by atoms with Gasteiger partial charge in [0, 0.05) is 19.3 Å². The molecule has 0 aliphatic carbocycles. The fraction of sp³-hybridized carbons (Fsp3) is 0.867. The molecule has 0 saturated carbocycles. The van der Waals surface area contributed by atoms with Crippen molar-refractivity contribution in [3.05, 3.63) is 11.9 Å². The van der Waals surface area contributed by atoms with E-state index in [1.807, 2.05) is 10.9 Å². The maximum Gasteiger partial charge on any atom is 0.0964 e. The molecule has 0 aliphatic rings. The Kier molecular flexibility index (Phi) is 9.24. The molecule has 5 nitrogen and oxygen atoms in total. The van der Waals surface area contributed by atoms with Crippen molar-refractivity contribution in [2.24, 2.45) is 5.92 Å². The molecule has 5 heteroatoms. The number of nitrogens with zero attached hydrogens (tertiary/aromatic N) is 3. The van der Waals surface area contributed by atoms with Crippen LogP contribution in [0, 0.1) is 5.92 Å². The summed E-state index contributed by atoms with van der Waals surface area (Å²) < 4.78 is 7.63. The molecule has 1 aromatic heterocycles. The SMILES string of the molecule is CCCCC(CC)COCCn1cc(CNCC)nn1. The van der Waals surface area contributed by atoms with Gasteiger partial charge in [-0.2, -0.15) is 0 Å². The lowest BCUT2D eigenvalue weighted by Crippen LogP contribution is -2.13. The quantitative estimate of drug-likeness (QED) is 0.599. The zero-order chi connectivity index (χ0) is 14.6. The molecule has 1 rings (SSSR count). The van der Waals surface area contributed by atoms with E-state index in [4.69, 9.17) is 4.74 Å². The number of nitrogens with one attached hydrogen (secondary N) is 1. The molecular weight excluding hydrogens is 252 g/mol. The van der Waals surface area contributed by atoms with Crippen molar-refractivity contribution in [1.29, 1.82) is 0 Å². The number of unbranched alkanes of at least 4 members (excludes halogenated alkanes) is 1. The highest BCUT2D eigenvalue weighted by Gasteiger charge is 2.06. The molecule has 1 heterocycles. The Morgan fingerprint density at radius 1 is 1.35 bits per heavy atom. The van der Waals surface area contributed by atoms with Gasteiger partial charge >= 0.3 is 0 Å². The number of aromatic nitrogens is 3. The molecule has 0 saturated heterocycles. The second kappa shape index (κ2) is 10.8. The van der Waals surface area contributed by atoms with Gasteiger partial charge in [-0.25, -0.2) is 4.68 Å². The van der Waals surface area contributed by atoms with Crippen LogP contribution in [-0.2, 0) is 17.8 Å². The minimum atomic E-state index is 0.704. The minimum absolute atomic E-state index is 0.704. The van der Waals surface area contributed by atoms with Gasteiger partial charge in [-0.3, -0.25) is 0 Å². The van der Waals surface area contributed by atoms with Gasteiger partial charge in [0.15, 0.2) is 0 Å². The molecule has 0 amide bonds. The van der Waals surface area contributed by atoms with Crippen LogP contribution in [0.25, 0.3) is 0 Å². The zero-order valence-electron chi connectivity index (χ0n) is 13.3. The van der Waals surface area contributed by atoms with Gasteiger partial charge in [0.05, 0.1) is 18.8 Å². The molecule has 1 N–H and O–H groups in total. The molecule has 0 aliphatic heterocycles. The highest BCUT2D eigenvalue weighted by atomic mass is 16.5. The van der Waals surface area contributed by atoms with Gasteiger partial charge in [0.25, 0.3) is 0 Å². The minimum Gasteiger partial charge on any atom is -0.379 e. The van der Waals surface area contributed by atoms with Gasteiger partial charge in [-0.15, -0.1) is 5.10 Å². The van der Waals surface area contributed by atoms with Gasteiger partial charge in [0.1, 0.15) is 0 Å². The first-order chi connectivity index (χ1) is 9.80. The first kappa shape index (κ1) is 17.1. The van der Waals surface area contributed by atoms with Crippen LogP contribution in [0.1, 0.15) is 52.1 Å². The molecule has 0 radical (unpaired) electrons. The molecule has 0 aromatic carbocycles. The first-order valence-corrected chi connectivity index (χ1v) is 7.97. The largest absolute Gasteiger partial charge is 0.379 e. The fourth-order valence-electron chi connectivity index (χ4n) is 2.09. The summed E-state index contributed by atoms with van der Waals surface area (Å²) in [6.07, 6.45) is 7.04. The van der Waals surface area contributed by atoms with E-state index in [0.29, 0.717) is 12.5 Å². The van der Waals surface area contributed by atoms with E-state index in [1.165, 1.54) is 25.7 Å². The summed E-state index contributed by atoms with van der Waals surface area (Å²) in [5.41, 5.74) is 0.987. The van der Waals surface area contributed by atoms with Gasteiger partial charge in [-0.1, -0.05) is 45.2 Å². The predicted octanol–water partition coefficient (Wildman–Crippen LogP) is 2.62. The van der Waals surface area contributed by atoms with Crippen molar-refractivity contribution < 1.29 is 4.74 Å². The molecule has 0 bridgehead atoms. The monoisotopic (exact) mass is 282 g/mol. The van der Waals surface area contributed by atoms with Crippen molar-refractivity contribution in [3.8, 4) is 0 Å². The van der Waals surface area contributed by atoms with Crippen molar-refractivity contribution in [1.82, 2.24) is 20.3 Å². The third kappa shape index (κ3) is 7.01. The second-order valence-corrected chi connectivity index (χ2v) is 5.24. The second-order valence-electron chi connectivity index (χ2n) is 5.24. The van der Waals surface area contributed by atoms with Crippen molar-refractivity contribution in [2.75, 3.05) is 19.8 Å². The Labute approximate surface area is 123 Å². The molecule has 0 spiro atoms. The average Bonchev–Trinajstić information content (AvgIpc) is 2.92. The van der Waals surface area contributed by atoms with Gasteiger partial charge < -0.3 is 10.1 Å². The molecule has 1 atom stereocenters. The molecule has 0 fully saturated rings. The van der Waals surface area contributed by atoms with Gasteiger partial charge in [0.2, 0.25) is 0 Å². The van der Waals surface area contributed by atoms with Crippen molar-refractivity contribution in [3.63, 3.8) is 0 Å². The van der Waals surface area contributed by atoms with E-state index in [2.05, 4.69) is 36.4 Å². The van der Waals surface area contributed by atoms with Crippen molar-refractivity contribution >= 4 is 0 Å². The van der Waals surface area contributed by atoms with Crippen molar-refractivity contribution in [2.45, 2.75) is 59.5 Å². The van der Waals surface area contributed by atoms with E-state index in [0.717, 1.165) is 31.9 Å². The van der Waals surface area contributed by atoms with E-state index in [-0.39, 0.29) is 0 Å². The van der Waals surface area contributed by atoms with Crippen LogP contribution in [0.3, 0.4) is 0 Å². The smallest absolute Gasteiger partial charge is 0.0964 e. The Balaban J connectivity index is 2.15. The highest BCUT2D eigenvalue weighted by molar-refractivity contribution is 4.91. The van der Waals surface area contributed by atoms with Gasteiger partial charge in [-0.05, 0) is 18.9 Å². The van der Waals surface area contributed by atoms with Crippen LogP contribution in [0.15, 0.2) is 6.20 Å². The third-order valence-corrected chi connectivity index (χ3v) is 3.50. The van der Waals surface area contributed by atoms with E-state index in [1.54, 1.807) is 0 Å². The summed E-state index contributed by atoms with van der Waals surface area (Å²) in [4.78, 5) is 0. The topological polar surface area (TPSA) is 52.0 Å². The number of hydrogen-bond acceptors (Lipinski definition) is 4. The lowest BCUT2D eigenvalue weighted by Gasteiger charge is -2.14. The van der Waals surface area contributed by atoms with Crippen LogP contribution in [-0.4, -0.2) is 34.8 Å². The third-order valence-electron chi connectivity index (χ3n) is 3.50. The van der Waals surface area contributed by atoms with Crippen LogP contribution >= 0.6 is 0 Å². The van der Waals surface area contributed by atoms with Crippen LogP contribution < -0.4 is 5.32 Å². The number of rotatable bonds is 12. The number of hydrogen-bond donors (Lipinski definition) is 1. The lowest BCUT2D eigenvalue weighted by atomic mass is 10.0. The molecular formula is C15H30N4O. The normalized spacial score (nSPS) is 12.8. The molecule has 116 valence electrons. The summed E-state index contributed by atoms with van der Waals surface area (Å²) in [5.74, 6) is 0.704. The van der Waals surface area contributed by atoms with E-state index in [9.17, 15) is 0 Å². The van der Waals surface area contributed by atoms with Crippen LogP contribution in [0.5, 0.6) is 0 Å². The highest BCUT2D eigenvalue weighted by Crippen LogP contribution is 2.12. The summed E-state index contributed by atoms with van der Waals surface area (Å²) in [7, 11) is 0. The summed E-state index contributed by atoms with van der Waals surface area (Å²) >= 11 is 0. The Morgan fingerprint density at radius 2 is 2.20 bits per heavy atom. The standard InChI is InChI=1S/C15H30N4O/c1-4-7-8-14(5-2)13-20-10-9-19-12-15(17-18-19)11-16-6-3/h12,14,16H,4-11,13H2,1-3H3. The molecule has 1 aromatic rings. The first-order valence-electron chi connectivity index (χ1n) is 7.97. The van der Waals surface area contributed by atoms with E-state index >= 15 is 0 Å².